The van der Waals surface area contributed by atoms with E-state index in [1.807, 2.05) is 0 Å². The molecular weight excluding hydrogens is 212 g/mol. The Bertz CT molecular complexity index is 206. The van der Waals surface area contributed by atoms with Gasteiger partial charge in [-0.2, -0.15) is 0 Å². The second-order valence-electron chi connectivity index (χ2n) is 5.38. The molecule has 0 aromatic carbocycles. The predicted molar refractivity (Wildman–Crippen MR) is 73.2 cm³/mol. The van der Waals surface area contributed by atoms with Crippen molar-refractivity contribution in [3.8, 4) is 0 Å². The van der Waals surface area contributed by atoms with Gasteiger partial charge in [0.25, 0.3) is 0 Å². The van der Waals surface area contributed by atoms with Gasteiger partial charge in [-0.05, 0) is 51.2 Å². The van der Waals surface area contributed by atoms with Gasteiger partial charge in [0.1, 0.15) is 0 Å². The summed E-state index contributed by atoms with van der Waals surface area (Å²) < 4.78 is 0. The Morgan fingerprint density at radius 3 is 2.35 bits per heavy atom. The van der Waals surface area contributed by atoms with Crippen molar-refractivity contribution in [3.05, 3.63) is 0 Å². The number of hydrogen-bond donors (Lipinski definition) is 2. The molecule has 2 N–H and O–H groups in total. The fourth-order valence-corrected chi connectivity index (χ4v) is 2.64. The highest BCUT2D eigenvalue weighted by Crippen LogP contribution is 2.40. The zero-order chi connectivity index (χ0) is 12.7. The molecule has 0 aliphatic heterocycles. The molecule has 1 saturated carbocycles. The van der Waals surface area contributed by atoms with Crippen LogP contribution in [0.25, 0.3) is 0 Å². The van der Waals surface area contributed by atoms with Crippen molar-refractivity contribution in [2.24, 2.45) is 5.92 Å². The second-order valence-corrected chi connectivity index (χ2v) is 5.38. The fourth-order valence-electron chi connectivity index (χ4n) is 2.64. The van der Waals surface area contributed by atoms with E-state index < -0.39 is 0 Å². The Hall–Kier alpha value is -0.120. The molecule has 1 rings (SSSR count). The minimum Gasteiger partial charge on any atom is -0.394 e. The van der Waals surface area contributed by atoms with Gasteiger partial charge in [0.05, 0.1) is 12.1 Å². The number of nitrogens with one attached hydrogen (secondary N) is 1. The average Bonchev–Trinajstić information content (AvgIpc) is 3.18. The van der Waals surface area contributed by atoms with E-state index in [1.165, 1.54) is 19.3 Å². The molecule has 1 aliphatic rings. The molecule has 1 fully saturated rings. The molecule has 0 saturated heterocycles. The van der Waals surface area contributed by atoms with Crippen LogP contribution in [0.1, 0.15) is 46.5 Å². The summed E-state index contributed by atoms with van der Waals surface area (Å²) in [5.74, 6) is 0.685. The molecule has 1 atom stereocenters. The molecular formula is C14H30N2O. The Kier molecular flexibility index (Phi) is 6.45. The third-order valence-corrected chi connectivity index (χ3v) is 3.86. The first-order valence-electron chi connectivity index (χ1n) is 7.30. The van der Waals surface area contributed by atoms with E-state index in [4.69, 9.17) is 0 Å². The van der Waals surface area contributed by atoms with Crippen LogP contribution in [0.5, 0.6) is 0 Å². The van der Waals surface area contributed by atoms with Crippen molar-refractivity contribution in [1.82, 2.24) is 10.2 Å². The van der Waals surface area contributed by atoms with E-state index in [0.717, 1.165) is 32.6 Å². The van der Waals surface area contributed by atoms with E-state index in [0.29, 0.717) is 5.92 Å². The first-order valence-corrected chi connectivity index (χ1v) is 7.30. The van der Waals surface area contributed by atoms with Gasteiger partial charge < -0.3 is 15.3 Å². The van der Waals surface area contributed by atoms with Gasteiger partial charge in [0.2, 0.25) is 0 Å². The van der Waals surface area contributed by atoms with Gasteiger partial charge in [0.15, 0.2) is 0 Å². The van der Waals surface area contributed by atoms with E-state index in [1.54, 1.807) is 0 Å². The quantitative estimate of drug-likeness (QED) is 0.614. The lowest BCUT2D eigenvalue weighted by Gasteiger charge is -2.38. The van der Waals surface area contributed by atoms with Crippen LogP contribution in [0.4, 0.5) is 0 Å². The highest BCUT2D eigenvalue weighted by atomic mass is 16.3. The molecule has 0 radical (unpaired) electrons. The van der Waals surface area contributed by atoms with E-state index >= 15 is 0 Å². The lowest BCUT2D eigenvalue weighted by atomic mass is 9.92. The number of rotatable bonds is 10. The SMILES string of the molecule is CCCNC(CO)(CN(CC)CCC)C1CC1. The summed E-state index contributed by atoms with van der Waals surface area (Å²) in [6, 6.07) is 0. The van der Waals surface area contributed by atoms with E-state index in [-0.39, 0.29) is 12.1 Å². The maximum atomic E-state index is 9.84. The minimum atomic E-state index is -0.0405. The Morgan fingerprint density at radius 2 is 1.94 bits per heavy atom. The van der Waals surface area contributed by atoms with Crippen molar-refractivity contribution in [2.75, 3.05) is 32.8 Å². The van der Waals surface area contributed by atoms with Crippen LogP contribution < -0.4 is 5.32 Å². The fraction of sp³-hybridized carbons (Fsp3) is 1.00. The number of nitrogens with zero attached hydrogens (tertiary/aromatic N) is 1. The molecule has 3 heteroatoms. The third-order valence-electron chi connectivity index (χ3n) is 3.86. The summed E-state index contributed by atoms with van der Waals surface area (Å²) in [7, 11) is 0. The van der Waals surface area contributed by atoms with Crippen molar-refractivity contribution in [2.45, 2.75) is 52.0 Å². The van der Waals surface area contributed by atoms with Gasteiger partial charge in [-0.15, -0.1) is 0 Å². The summed E-state index contributed by atoms with van der Waals surface area (Å²) in [4.78, 5) is 2.47. The maximum absolute atomic E-state index is 9.84. The minimum absolute atomic E-state index is 0.0405. The van der Waals surface area contributed by atoms with Crippen LogP contribution in [-0.2, 0) is 0 Å². The van der Waals surface area contributed by atoms with Gasteiger partial charge >= 0.3 is 0 Å². The molecule has 0 bridgehead atoms. The van der Waals surface area contributed by atoms with E-state index in [9.17, 15) is 5.11 Å². The normalized spacial score (nSPS) is 19.6. The van der Waals surface area contributed by atoms with Crippen molar-refractivity contribution < 1.29 is 5.11 Å². The topological polar surface area (TPSA) is 35.5 Å². The zero-order valence-electron chi connectivity index (χ0n) is 11.8. The van der Waals surface area contributed by atoms with Crippen LogP contribution >= 0.6 is 0 Å². The molecule has 0 heterocycles. The number of likely N-dealkylation sites (N-methyl/N-ethyl adjacent to an activating group) is 1. The average molecular weight is 242 g/mol. The van der Waals surface area contributed by atoms with Gasteiger partial charge in [-0.3, -0.25) is 0 Å². The molecule has 102 valence electrons. The summed E-state index contributed by atoms with van der Waals surface area (Å²) in [6.45, 7) is 11.1. The van der Waals surface area contributed by atoms with Crippen molar-refractivity contribution >= 4 is 0 Å². The van der Waals surface area contributed by atoms with Crippen LogP contribution in [0.15, 0.2) is 0 Å². The molecule has 1 unspecified atom stereocenters. The van der Waals surface area contributed by atoms with Crippen molar-refractivity contribution in [3.63, 3.8) is 0 Å². The number of aliphatic hydroxyl groups excluding tert-OH is 1. The smallest absolute Gasteiger partial charge is 0.0628 e. The van der Waals surface area contributed by atoms with Gasteiger partial charge in [-0.1, -0.05) is 20.8 Å². The lowest BCUT2D eigenvalue weighted by Crippen LogP contribution is -2.58. The summed E-state index contributed by atoms with van der Waals surface area (Å²) in [6.07, 6.45) is 4.88. The standard InChI is InChI=1S/C14H30N2O/c1-4-9-15-14(12-17,13-7-8-13)11-16(6-3)10-5-2/h13,15,17H,4-12H2,1-3H3. The Labute approximate surface area is 107 Å². The third kappa shape index (κ3) is 4.23. The number of hydrogen-bond acceptors (Lipinski definition) is 3. The van der Waals surface area contributed by atoms with Crippen LogP contribution in [-0.4, -0.2) is 48.3 Å². The highest BCUT2D eigenvalue weighted by molar-refractivity contribution is 5.02. The van der Waals surface area contributed by atoms with E-state index in [2.05, 4.69) is 31.0 Å². The van der Waals surface area contributed by atoms with Gasteiger partial charge in [0, 0.05) is 6.54 Å². The molecule has 0 spiro atoms. The Balaban J connectivity index is 2.60. The van der Waals surface area contributed by atoms with Gasteiger partial charge in [-0.25, -0.2) is 0 Å². The number of aliphatic hydroxyl groups is 1. The molecule has 17 heavy (non-hydrogen) atoms. The predicted octanol–water partition coefficient (Wildman–Crippen LogP) is 1.86. The summed E-state index contributed by atoms with van der Waals surface area (Å²) >= 11 is 0. The molecule has 0 amide bonds. The largest absolute Gasteiger partial charge is 0.394 e. The zero-order valence-corrected chi connectivity index (χ0v) is 11.8. The maximum Gasteiger partial charge on any atom is 0.0628 e. The van der Waals surface area contributed by atoms with Crippen molar-refractivity contribution in [1.29, 1.82) is 0 Å². The van der Waals surface area contributed by atoms with Crippen LogP contribution in [0, 0.1) is 5.92 Å². The highest BCUT2D eigenvalue weighted by Gasteiger charge is 2.45. The lowest BCUT2D eigenvalue weighted by molar-refractivity contribution is 0.0926. The molecule has 0 aromatic rings. The summed E-state index contributed by atoms with van der Waals surface area (Å²) in [5, 5.41) is 13.5. The second kappa shape index (κ2) is 7.34. The Morgan fingerprint density at radius 1 is 1.24 bits per heavy atom. The summed E-state index contributed by atoms with van der Waals surface area (Å²) in [5.41, 5.74) is -0.0405. The monoisotopic (exact) mass is 242 g/mol. The van der Waals surface area contributed by atoms with Crippen LogP contribution in [0.2, 0.25) is 0 Å². The first kappa shape index (κ1) is 14.9. The molecule has 0 aromatic heterocycles. The molecule has 1 aliphatic carbocycles. The first-order chi connectivity index (χ1) is 8.22. The molecule has 3 nitrogen and oxygen atoms in total. The van der Waals surface area contributed by atoms with Crippen LogP contribution in [0.3, 0.4) is 0 Å².